The van der Waals surface area contributed by atoms with Crippen LogP contribution in [0.15, 0.2) is 79.0 Å². The highest BCUT2D eigenvalue weighted by molar-refractivity contribution is 6.30. The average Bonchev–Trinajstić information content (AvgIpc) is 2.57. The Bertz CT molecular complexity index is 674. The summed E-state index contributed by atoms with van der Waals surface area (Å²) in [7, 11) is 0. The lowest BCUT2D eigenvalue weighted by molar-refractivity contribution is 0.157. The Balaban J connectivity index is 2.04. The second-order valence-corrected chi connectivity index (χ2v) is 5.58. The van der Waals surface area contributed by atoms with Crippen molar-refractivity contribution in [2.75, 3.05) is 0 Å². The standard InChI is InChI=1S/C19H16ClNO/c20-16-11-9-15(10-12-16)19(22)18(14-6-2-1-3-7-14)17-8-4-5-13-21-17/h1-13,18-19,22H/t18-,19-/m1/s1. The van der Waals surface area contributed by atoms with Crippen molar-refractivity contribution in [3.63, 3.8) is 0 Å². The zero-order valence-electron chi connectivity index (χ0n) is 11.9. The van der Waals surface area contributed by atoms with Crippen molar-refractivity contribution in [2.24, 2.45) is 0 Å². The molecule has 3 aromatic rings. The smallest absolute Gasteiger partial charge is 0.0914 e. The number of hydrogen-bond donors (Lipinski definition) is 1. The number of aliphatic hydroxyl groups excluding tert-OH is 1. The van der Waals surface area contributed by atoms with Gasteiger partial charge in [-0.1, -0.05) is 60.1 Å². The molecular weight excluding hydrogens is 294 g/mol. The van der Waals surface area contributed by atoms with Crippen LogP contribution in [0.4, 0.5) is 0 Å². The van der Waals surface area contributed by atoms with Crippen molar-refractivity contribution in [3.8, 4) is 0 Å². The summed E-state index contributed by atoms with van der Waals surface area (Å²) in [6.45, 7) is 0. The first-order chi connectivity index (χ1) is 10.8. The summed E-state index contributed by atoms with van der Waals surface area (Å²) in [5, 5.41) is 11.6. The van der Waals surface area contributed by atoms with Crippen molar-refractivity contribution in [3.05, 3.63) is 101 Å². The molecule has 0 saturated heterocycles. The summed E-state index contributed by atoms with van der Waals surface area (Å²) in [6.07, 6.45) is 1.06. The first-order valence-corrected chi connectivity index (χ1v) is 7.53. The molecule has 0 aliphatic carbocycles. The molecule has 0 unspecified atom stereocenters. The van der Waals surface area contributed by atoms with Crippen LogP contribution in [0.2, 0.25) is 5.02 Å². The zero-order valence-corrected chi connectivity index (χ0v) is 12.7. The number of aromatic nitrogens is 1. The first-order valence-electron chi connectivity index (χ1n) is 7.15. The number of hydrogen-bond acceptors (Lipinski definition) is 2. The maximum atomic E-state index is 10.9. The topological polar surface area (TPSA) is 33.1 Å². The minimum Gasteiger partial charge on any atom is -0.387 e. The molecule has 2 aromatic carbocycles. The SMILES string of the molecule is O[C@H](c1ccc(Cl)cc1)[C@H](c1ccccc1)c1ccccn1. The van der Waals surface area contributed by atoms with Crippen molar-refractivity contribution >= 4 is 11.6 Å². The van der Waals surface area contributed by atoms with E-state index in [-0.39, 0.29) is 5.92 Å². The van der Waals surface area contributed by atoms with Gasteiger partial charge in [0.15, 0.2) is 0 Å². The highest BCUT2D eigenvalue weighted by Gasteiger charge is 2.25. The number of rotatable bonds is 4. The van der Waals surface area contributed by atoms with Crippen LogP contribution in [0, 0.1) is 0 Å². The predicted octanol–water partition coefficient (Wildman–Crippen LogP) is 4.60. The summed E-state index contributed by atoms with van der Waals surface area (Å²) in [6, 6.07) is 23.0. The molecule has 0 spiro atoms. The van der Waals surface area contributed by atoms with E-state index < -0.39 is 6.10 Å². The predicted molar refractivity (Wildman–Crippen MR) is 88.9 cm³/mol. The monoisotopic (exact) mass is 309 g/mol. The van der Waals surface area contributed by atoms with Crippen LogP contribution >= 0.6 is 11.6 Å². The van der Waals surface area contributed by atoms with E-state index >= 15 is 0 Å². The Kier molecular flexibility index (Phi) is 4.52. The molecule has 0 fully saturated rings. The normalized spacial score (nSPS) is 13.5. The molecule has 1 heterocycles. The van der Waals surface area contributed by atoms with Crippen LogP contribution < -0.4 is 0 Å². The van der Waals surface area contributed by atoms with Crippen molar-refractivity contribution in [2.45, 2.75) is 12.0 Å². The van der Waals surface area contributed by atoms with E-state index in [2.05, 4.69) is 4.98 Å². The van der Waals surface area contributed by atoms with E-state index in [1.54, 1.807) is 18.3 Å². The summed E-state index contributed by atoms with van der Waals surface area (Å²) in [4.78, 5) is 4.43. The molecule has 0 amide bonds. The van der Waals surface area contributed by atoms with Gasteiger partial charge in [0.25, 0.3) is 0 Å². The lowest BCUT2D eigenvalue weighted by atomic mass is 9.86. The van der Waals surface area contributed by atoms with Crippen LogP contribution in [0.25, 0.3) is 0 Å². The third kappa shape index (κ3) is 3.19. The first kappa shape index (κ1) is 14.8. The van der Waals surface area contributed by atoms with Gasteiger partial charge in [0, 0.05) is 11.2 Å². The lowest BCUT2D eigenvalue weighted by Crippen LogP contribution is -2.13. The second-order valence-electron chi connectivity index (χ2n) is 5.14. The third-order valence-corrected chi connectivity index (χ3v) is 3.94. The summed E-state index contributed by atoms with van der Waals surface area (Å²) < 4.78 is 0. The van der Waals surface area contributed by atoms with Gasteiger partial charge < -0.3 is 5.11 Å². The Morgan fingerprint density at radius 2 is 1.45 bits per heavy atom. The van der Waals surface area contributed by atoms with E-state index in [0.717, 1.165) is 16.8 Å². The summed E-state index contributed by atoms with van der Waals surface area (Å²) in [5.41, 5.74) is 2.70. The molecule has 0 radical (unpaired) electrons. The Hall–Kier alpha value is -2.16. The number of halogens is 1. The van der Waals surface area contributed by atoms with Gasteiger partial charge in [-0.3, -0.25) is 4.98 Å². The summed E-state index contributed by atoms with van der Waals surface area (Å²) >= 11 is 5.94. The van der Waals surface area contributed by atoms with Gasteiger partial charge >= 0.3 is 0 Å². The van der Waals surface area contributed by atoms with Gasteiger partial charge in [-0.05, 0) is 35.4 Å². The molecule has 2 atom stereocenters. The third-order valence-electron chi connectivity index (χ3n) is 3.69. The molecule has 22 heavy (non-hydrogen) atoms. The molecule has 1 aromatic heterocycles. The van der Waals surface area contributed by atoms with Crippen molar-refractivity contribution in [1.29, 1.82) is 0 Å². The molecule has 0 bridgehead atoms. The zero-order chi connectivity index (χ0) is 15.4. The summed E-state index contributed by atoms with van der Waals surface area (Å²) in [5.74, 6) is -0.219. The van der Waals surface area contributed by atoms with Crippen LogP contribution in [-0.2, 0) is 0 Å². The molecule has 110 valence electrons. The lowest BCUT2D eigenvalue weighted by Gasteiger charge is -2.23. The van der Waals surface area contributed by atoms with Gasteiger partial charge in [0.05, 0.1) is 17.7 Å². The van der Waals surface area contributed by atoms with Crippen LogP contribution in [0.5, 0.6) is 0 Å². The molecule has 2 nitrogen and oxygen atoms in total. The van der Waals surface area contributed by atoms with Crippen molar-refractivity contribution < 1.29 is 5.11 Å². The maximum Gasteiger partial charge on any atom is 0.0914 e. The van der Waals surface area contributed by atoms with Gasteiger partial charge in [0.1, 0.15) is 0 Å². The Labute approximate surface area is 135 Å². The quantitative estimate of drug-likeness (QED) is 0.764. The van der Waals surface area contributed by atoms with Gasteiger partial charge in [-0.2, -0.15) is 0 Å². The number of nitrogens with zero attached hydrogens (tertiary/aromatic N) is 1. The van der Waals surface area contributed by atoms with E-state index in [1.807, 2.05) is 60.7 Å². The fourth-order valence-electron chi connectivity index (χ4n) is 2.59. The van der Waals surface area contributed by atoms with Crippen molar-refractivity contribution in [1.82, 2.24) is 4.98 Å². The fraction of sp³-hybridized carbons (Fsp3) is 0.105. The molecule has 0 saturated carbocycles. The Morgan fingerprint density at radius 3 is 2.09 bits per heavy atom. The fourth-order valence-corrected chi connectivity index (χ4v) is 2.71. The molecule has 0 aliphatic rings. The largest absolute Gasteiger partial charge is 0.387 e. The molecule has 3 rings (SSSR count). The minimum atomic E-state index is -0.686. The van der Waals surface area contributed by atoms with Crippen LogP contribution in [-0.4, -0.2) is 10.1 Å². The van der Waals surface area contributed by atoms with E-state index in [0.29, 0.717) is 5.02 Å². The molecular formula is C19H16ClNO. The van der Waals surface area contributed by atoms with Gasteiger partial charge in [0.2, 0.25) is 0 Å². The minimum absolute atomic E-state index is 0.219. The number of pyridine rings is 1. The van der Waals surface area contributed by atoms with Gasteiger partial charge in [-0.25, -0.2) is 0 Å². The maximum absolute atomic E-state index is 10.9. The second kappa shape index (κ2) is 6.73. The number of aliphatic hydroxyl groups is 1. The van der Waals surface area contributed by atoms with Gasteiger partial charge in [-0.15, -0.1) is 0 Å². The molecule has 3 heteroatoms. The average molecular weight is 310 g/mol. The molecule has 0 aliphatic heterocycles. The number of benzene rings is 2. The Morgan fingerprint density at radius 1 is 0.773 bits per heavy atom. The highest BCUT2D eigenvalue weighted by atomic mass is 35.5. The van der Waals surface area contributed by atoms with E-state index in [4.69, 9.17) is 11.6 Å². The highest BCUT2D eigenvalue weighted by Crippen LogP contribution is 2.35. The van der Waals surface area contributed by atoms with Crippen LogP contribution in [0.3, 0.4) is 0 Å². The molecule has 1 N–H and O–H groups in total. The van der Waals surface area contributed by atoms with Crippen LogP contribution in [0.1, 0.15) is 28.8 Å². The van der Waals surface area contributed by atoms with E-state index in [1.165, 1.54) is 0 Å². The van der Waals surface area contributed by atoms with E-state index in [9.17, 15) is 5.11 Å².